The van der Waals surface area contributed by atoms with Crippen LogP contribution in [0.2, 0.25) is 0 Å². The Labute approximate surface area is 176 Å². The second-order valence-corrected chi connectivity index (χ2v) is 8.31. The van der Waals surface area contributed by atoms with Crippen LogP contribution in [-0.4, -0.2) is 27.9 Å². The third kappa shape index (κ3) is 4.08. The number of halogens is 1. The predicted molar refractivity (Wildman–Crippen MR) is 118 cm³/mol. The molecule has 0 radical (unpaired) electrons. The number of pyridine rings is 1. The van der Waals surface area contributed by atoms with Crippen molar-refractivity contribution in [1.82, 2.24) is 4.57 Å². The number of fused-ring (bicyclic) bond motifs is 1. The maximum Gasteiger partial charge on any atom is 0.341 e. The first kappa shape index (κ1) is 22.3. The molecule has 0 aliphatic heterocycles. The normalized spacial score (nSPS) is 14.3. The fourth-order valence-electron chi connectivity index (χ4n) is 4.11. The molecule has 0 spiro atoms. The van der Waals surface area contributed by atoms with E-state index in [0.29, 0.717) is 30.6 Å². The van der Waals surface area contributed by atoms with Gasteiger partial charge in [0, 0.05) is 24.2 Å². The third-order valence-electron chi connectivity index (χ3n) is 6.31. The summed E-state index contributed by atoms with van der Waals surface area (Å²) in [6.07, 6.45) is 7.49. The predicted octanol–water partition coefficient (Wildman–Crippen LogP) is 4.65. The summed E-state index contributed by atoms with van der Waals surface area (Å²) in [5.74, 6) is -1.84. The number of rotatable bonds is 10. The molecule has 1 aromatic carbocycles. The summed E-state index contributed by atoms with van der Waals surface area (Å²) in [4.78, 5) is 26.2. The molecule has 2 aromatic rings. The van der Waals surface area contributed by atoms with E-state index < -0.39 is 22.9 Å². The van der Waals surface area contributed by atoms with Crippen LogP contribution in [0.1, 0.15) is 82.1 Å². The van der Waals surface area contributed by atoms with Gasteiger partial charge in [0.2, 0.25) is 5.43 Å². The maximum absolute atomic E-state index is 15.4. The van der Waals surface area contributed by atoms with Gasteiger partial charge in [0.15, 0.2) is 0 Å². The van der Waals surface area contributed by atoms with Gasteiger partial charge in [-0.25, -0.2) is 9.18 Å². The number of aromatic nitrogens is 1. The Morgan fingerprint density at radius 2 is 1.93 bits per heavy atom. The Kier molecular flexibility index (Phi) is 6.50. The molecule has 0 bridgehead atoms. The van der Waals surface area contributed by atoms with E-state index in [4.69, 9.17) is 5.73 Å². The topological polar surface area (TPSA) is 88.6 Å². The first-order valence-corrected chi connectivity index (χ1v) is 11.0. The molecule has 1 fully saturated rings. The van der Waals surface area contributed by atoms with Crippen molar-refractivity contribution in [3.63, 3.8) is 0 Å². The van der Waals surface area contributed by atoms with Crippen molar-refractivity contribution in [1.29, 1.82) is 0 Å². The summed E-state index contributed by atoms with van der Waals surface area (Å²) in [5, 5.41) is 9.53. The average Bonchev–Trinajstić information content (AvgIpc) is 3.56. The minimum atomic E-state index is -1.29. The number of anilines is 1. The minimum absolute atomic E-state index is 0.104. The standard InChI is InChI=1S/C23H32FN3O3/c1-4-7-8-11-27(23(25,5-2)6-3)20-13-19-16(12-18(20)24)21(28)17(22(29)30)14-26(19)15-9-10-15/h12-15H,4-11,25H2,1-3H3,(H,29,30). The van der Waals surface area contributed by atoms with Crippen LogP contribution >= 0.6 is 0 Å². The van der Waals surface area contributed by atoms with E-state index in [2.05, 4.69) is 6.92 Å². The van der Waals surface area contributed by atoms with Gasteiger partial charge < -0.3 is 20.3 Å². The Balaban J connectivity index is 2.22. The molecule has 1 aromatic heterocycles. The molecule has 30 heavy (non-hydrogen) atoms. The summed E-state index contributed by atoms with van der Waals surface area (Å²) < 4.78 is 17.2. The molecular formula is C23H32FN3O3. The van der Waals surface area contributed by atoms with E-state index in [1.54, 1.807) is 6.07 Å². The average molecular weight is 418 g/mol. The first-order chi connectivity index (χ1) is 14.3. The number of benzene rings is 1. The van der Waals surface area contributed by atoms with Crippen molar-refractivity contribution >= 4 is 22.6 Å². The van der Waals surface area contributed by atoms with Crippen LogP contribution in [0.3, 0.4) is 0 Å². The van der Waals surface area contributed by atoms with Gasteiger partial charge in [-0.15, -0.1) is 0 Å². The molecule has 6 nitrogen and oxygen atoms in total. The van der Waals surface area contributed by atoms with Crippen molar-refractivity contribution in [2.75, 3.05) is 11.4 Å². The highest BCUT2D eigenvalue weighted by molar-refractivity contribution is 5.93. The van der Waals surface area contributed by atoms with Gasteiger partial charge >= 0.3 is 5.97 Å². The fourth-order valence-corrected chi connectivity index (χ4v) is 4.11. The largest absolute Gasteiger partial charge is 0.477 e. The molecule has 3 N–H and O–H groups in total. The Hall–Kier alpha value is -2.41. The van der Waals surface area contributed by atoms with Crippen molar-refractivity contribution < 1.29 is 14.3 Å². The molecular weight excluding hydrogens is 385 g/mol. The Morgan fingerprint density at radius 3 is 2.47 bits per heavy atom. The number of aromatic carboxylic acids is 1. The van der Waals surface area contributed by atoms with Gasteiger partial charge in [-0.05, 0) is 44.2 Å². The van der Waals surface area contributed by atoms with Crippen molar-refractivity contribution in [2.45, 2.75) is 77.4 Å². The van der Waals surface area contributed by atoms with E-state index in [1.807, 2.05) is 23.3 Å². The number of unbranched alkanes of at least 4 members (excludes halogenated alkanes) is 2. The summed E-state index contributed by atoms with van der Waals surface area (Å²) in [7, 11) is 0. The Morgan fingerprint density at radius 1 is 1.27 bits per heavy atom. The zero-order valence-electron chi connectivity index (χ0n) is 18.1. The van der Waals surface area contributed by atoms with Gasteiger partial charge in [-0.2, -0.15) is 0 Å². The molecule has 1 saturated carbocycles. The quantitative estimate of drug-likeness (QED) is 0.434. The summed E-state index contributed by atoms with van der Waals surface area (Å²) >= 11 is 0. The number of hydrogen-bond donors (Lipinski definition) is 2. The number of carboxylic acid groups (broad SMARTS) is 1. The van der Waals surface area contributed by atoms with Crippen molar-refractivity contribution in [3.8, 4) is 0 Å². The zero-order valence-corrected chi connectivity index (χ0v) is 18.1. The number of carbonyl (C=O) groups is 1. The maximum atomic E-state index is 15.4. The van der Waals surface area contributed by atoms with Gasteiger partial charge in [0.25, 0.3) is 0 Å². The highest BCUT2D eigenvalue weighted by Crippen LogP contribution is 2.39. The van der Waals surface area contributed by atoms with E-state index >= 15 is 4.39 Å². The van der Waals surface area contributed by atoms with E-state index in [9.17, 15) is 14.7 Å². The van der Waals surface area contributed by atoms with Gasteiger partial charge in [-0.3, -0.25) is 4.79 Å². The smallest absolute Gasteiger partial charge is 0.341 e. The lowest BCUT2D eigenvalue weighted by atomic mass is 9.99. The van der Waals surface area contributed by atoms with Crippen molar-refractivity contribution in [2.24, 2.45) is 5.73 Å². The molecule has 3 rings (SSSR count). The van der Waals surface area contributed by atoms with Crippen LogP contribution in [0.15, 0.2) is 23.1 Å². The molecule has 0 amide bonds. The van der Waals surface area contributed by atoms with Gasteiger partial charge in [0.05, 0.1) is 16.9 Å². The van der Waals surface area contributed by atoms with Gasteiger partial charge in [0.1, 0.15) is 11.4 Å². The number of carboxylic acids is 1. The third-order valence-corrected chi connectivity index (χ3v) is 6.31. The van der Waals surface area contributed by atoms with E-state index in [-0.39, 0.29) is 17.0 Å². The SMILES string of the molecule is CCCCCN(c1cc2c(cc1F)c(=O)c(C(=O)O)cn2C1CC1)C(N)(CC)CC. The summed E-state index contributed by atoms with van der Waals surface area (Å²) in [6.45, 7) is 6.73. The molecule has 0 saturated heterocycles. The number of nitrogens with two attached hydrogens (primary N) is 1. The first-order valence-electron chi connectivity index (χ1n) is 11.0. The lowest BCUT2D eigenvalue weighted by Crippen LogP contribution is -2.56. The van der Waals surface area contributed by atoms with E-state index in [0.717, 1.165) is 32.1 Å². The van der Waals surface area contributed by atoms with Crippen molar-refractivity contribution in [3.05, 3.63) is 39.9 Å². The molecule has 0 unspecified atom stereocenters. The second-order valence-electron chi connectivity index (χ2n) is 8.31. The zero-order chi connectivity index (χ0) is 22.1. The van der Waals surface area contributed by atoms with Crippen LogP contribution in [0, 0.1) is 5.82 Å². The van der Waals surface area contributed by atoms with Crippen LogP contribution in [0.25, 0.3) is 10.9 Å². The number of nitrogens with zero attached hydrogens (tertiary/aromatic N) is 2. The van der Waals surface area contributed by atoms with Crippen LogP contribution in [0.4, 0.5) is 10.1 Å². The monoisotopic (exact) mass is 417 g/mol. The molecule has 1 heterocycles. The number of hydrogen-bond acceptors (Lipinski definition) is 4. The minimum Gasteiger partial charge on any atom is -0.477 e. The molecule has 164 valence electrons. The molecule has 0 atom stereocenters. The second kappa shape index (κ2) is 8.76. The summed E-state index contributed by atoms with van der Waals surface area (Å²) in [5.41, 5.74) is 5.96. The van der Waals surface area contributed by atoms with Crippen LogP contribution in [0.5, 0.6) is 0 Å². The van der Waals surface area contributed by atoms with E-state index in [1.165, 1.54) is 12.3 Å². The molecule has 1 aliphatic rings. The summed E-state index contributed by atoms with van der Waals surface area (Å²) in [6, 6.07) is 3.02. The highest BCUT2D eigenvalue weighted by atomic mass is 19.1. The van der Waals surface area contributed by atoms with Crippen LogP contribution < -0.4 is 16.1 Å². The lowest BCUT2D eigenvalue weighted by molar-refractivity contribution is 0.0695. The highest BCUT2D eigenvalue weighted by Gasteiger charge is 2.32. The molecule has 1 aliphatic carbocycles. The molecule has 7 heteroatoms. The Bertz CT molecular complexity index is 993. The van der Waals surface area contributed by atoms with Crippen LogP contribution in [-0.2, 0) is 0 Å². The fraction of sp³-hybridized carbons (Fsp3) is 0.565. The van der Waals surface area contributed by atoms with Gasteiger partial charge in [-0.1, -0.05) is 33.6 Å². The lowest BCUT2D eigenvalue weighted by Gasteiger charge is -2.42.